The van der Waals surface area contributed by atoms with Crippen molar-refractivity contribution in [2.75, 3.05) is 13.1 Å². The van der Waals surface area contributed by atoms with Crippen LogP contribution in [0.1, 0.15) is 53.7 Å². The second-order valence-electron chi connectivity index (χ2n) is 11.9. The lowest BCUT2D eigenvalue weighted by molar-refractivity contribution is -0.144. The number of aryl methyl sites for hydroxylation is 1. The number of aliphatic hydroxyl groups is 1. The molecule has 1 saturated heterocycles. The summed E-state index contributed by atoms with van der Waals surface area (Å²) in [5.74, 6) is 0.470. The maximum Gasteiger partial charge on any atom is 0.330 e. The fourth-order valence-electron chi connectivity index (χ4n) is 4.90. The fourth-order valence-corrected chi connectivity index (χ4v) is 4.90. The zero-order chi connectivity index (χ0) is 23.6. The predicted molar refractivity (Wildman–Crippen MR) is 126 cm³/mol. The van der Waals surface area contributed by atoms with E-state index >= 15 is 0 Å². The molecule has 0 aromatic carbocycles. The van der Waals surface area contributed by atoms with E-state index in [1.165, 1.54) is 5.57 Å². The van der Waals surface area contributed by atoms with Crippen LogP contribution in [0.2, 0.25) is 0 Å². The largest absolute Gasteiger partial charge is 0.383 e. The normalized spacial score (nSPS) is 22.4. The van der Waals surface area contributed by atoms with E-state index < -0.39 is 11.5 Å². The Kier molecular flexibility index (Phi) is 5.39. The number of rotatable bonds is 3. The fraction of sp³-hybridized carbons (Fsp3) is 0.640. The molecule has 2 unspecified atom stereocenters. The van der Waals surface area contributed by atoms with E-state index in [4.69, 9.17) is 4.98 Å². The smallest absolute Gasteiger partial charge is 0.330 e. The quantitative estimate of drug-likeness (QED) is 0.796. The first kappa shape index (κ1) is 22.8. The molecule has 0 radical (unpaired) electrons. The highest BCUT2D eigenvalue weighted by atomic mass is 16.3. The molecule has 1 N–H and O–H groups in total. The van der Waals surface area contributed by atoms with Crippen molar-refractivity contribution in [3.05, 3.63) is 34.4 Å². The summed E-state index contributed by atoms with van der Waals surface area (Å²) in [6, 6.07) is 4.02. The Balaban J connectivity index is 1.56. The van der Waals surface area contributed by atoms with Gasteiger partial charge in [0, 0.05) is 26.7 Å². The zero-order valence-corrected chi connectivity index (χ0v) is 20.3. The van der Waals surface area contributed by atoms with Gasteiger partial charge in [0.05, 0.1) is 11.2 Å². The topological polar surface area (TPSA) is 80.4 Å². The summed E-state index contributed by atoms with van der Waals surface area (Å²) in [5, 5.41) is 10.4. The average molecular weight is 441 g/mol. The molecule has 7 heteroatoms. The number of hydrogen-bond acceptors (Lipinski definition) is 4. The predicted octanol–water partition coefficient (Wildman–Crippen LogP) is 3.05. The Labute approximate surface area is 189 Å². The molecule has 32 heavy (non-hydrogen) atoms. The summed E-state index contributed by atoms with van der Waals surface area (Å²) in [6.07, 6.45) is 2.11. The van der Waals surface area contributed by atoms with Crippen LogP contribution in [-0.2, 0) is 18.4 Å². The first-order valence-corrected chi connectivity index (χ1v) is 11.5. The standard InChI is InChI=1S/C25H36N4O3/c1-24(2,3)14-29-19-9-8-18(26-21(19)27(7)23(29)32)15-10-16-12-28(13-17(16)11-15)22(31)20(30)25(4,5)6/h8-10,16-17,20,30H,11-14H2,1-7H3/t16?,17?,20-/m1/s1. The molecule has 2 aliphatic rings. The van der Waals surface area contributed by atoms with E-state index in [0.29, 0.717) is 31.2 Å². The highest BCUT2D eigenvalue weighted by Crippen LogP contribution is 2.41. The Morgan fingerprint density at radius 3 is 2.47 bits per heavy atom. The molecular weight excluding hydrogens is 404 g/mol. The van der Waals surface area contributed by atoms with Gasteiger partial charge in [-0.25, -0.2) is 9.78 Å². The van der Waals surface area contributed by atoms with Gasteiger partial charge in [-0.3, -0.25) is 13.9 Å². The van der Waals surface area contributed by atoms with Crippen LogP contribution in [0.25, 0.3) is 16.7 Å². The molecule has 4 rings (SSSR count). The lowest BCUT2D eigenvalue weighted by Crippen LogP contribution is -2.44. The van der Waals surface area contributed by atoms with E-state index in [1.807, 2.05) is 42.4 Å². The van der Waals surface area contributed by atoms with Gasteiger partial charge in [0.2, 0.25) is 0 Å². The van der Waals surface area contributed by atoms with E-state index in [1.54, 1.807) is 11.6 Å². The van der Waals surface area contributed by atoms with Gasteiger partial charge in [0.1, 0.15) is 6.10 Å². The molecule has 0 saturated carbocycles. The Bertz CT molecular complexity index is 1140. The Morgan fingerprint density at radius 2 is 1.88 bits per heavy atom. The van der Waals surface area contributed by atoms with E-state index in [0.717, 1.165) is 17.6 Å². The maximum absolute atomic E-state index is 12.8. The third-order valence-corrected chi connectivity index (χ3v) is 6.70. The Morgan fingerprint density at radius 1 is 1.19 bits per heavy atom. The number of amides is 1. The number of aromatic nitrogens is 3. The summed E-state index contributed by atoms with van der Waals surface area (Å²) >= 11 is 0. The zero-order valence-electron chi connectivity index (χ0n) is 20.3. The monoisotopic (exact) mass is 440 g/mol. The van der Waals surface area contributed by atoms with Gasteiger partial charge < -0.3 is 10.0 Å². The van der Waals surface area contributed by atoms with Gasteiger partial charge >= 0.3 is 5.69 Å². The second kappa shape index (κ2) is 7.58. The Hall–Kier alpha value is -2.41. The minimum atomic E-state index is -0.979. The number of pyridine rings is 1. The highest BCUT2D eigenvalue weighted by molar-refractivity contribution is 5.82. The number of fused-ring (bicyclic) bond motifs is 2. The second-order valence-corrected chi connectivity index (χ2v) is 11.9. The van der Waals surface area contributed by atoms with Crippen molar-refractivity contribution in [3.63, 3.8) is 0 Å². The van der Waals surface area contributed by atoms with Gasteiger partial charge in [-0.05, 0) is 46.8 Å². The van der Waals surface area contributed by atoms with Crippen LogP contribution < -0.4 is 5.69 Å². The SMILES string of the molecule is Cn1c(=O)n(CC(C)(C)C)c2ccc(C3=CC4CN(C(=O)[C@@H](O)C(C)(C)C)CC4C3)nc21. The van der Waals surface area contributed by atoms with Crippen LogP contribution in [0.15, 0.2) is 23.0 Å². The molecule has 1 fully saturated rings. The van der Waals surface area contributed by atoms with Crippen molar-refractivity contribution in [3.8, 4) is 0 Å². The lowest BCUT2D eigenvalue weighted by atomic mass is 9.88. The number of carbonyl (C=O) groups is 1. The highest BCUT2D eigenvalue weighted by Gasteiger charge is 2.42. The summed E-state index contributed by atoms with van der Waals surface area (Å²) in [4.78, 5) is 32.2. The van der Waals surface area contributed by atoms with Crippen molar-refractivity contribution in [1.29, 1.82) is 0 Å². The molecule has 0 bridgehead atoms. The molecule has 1 aliphatic carbocycles. The number of carbonyl (C=O) groups excluding carboxylic acids is 1. The molecule has 2 aromatic heterocycles. The molecule has 0 spiro atoms. The first-order valence-electron chi connectivity index (χ1n) is 11.5. The van der Waals surface area contributed by atoms with Gasteiger partial charge in [0.15, 0.2) is 5.65 Å². The third kappa shape index (κ3) is 4.03. The summed E-state index contributed by atoms with van der Waals surface area (Å²) in [7, 11) is 1.78. The van der Waals surface area contributed by atoms with E-state index in [9.17, 15) is 14.7 Å². The molecule has 174 valence electrons. The van der Waals surface area contributed by atoms with Gasteiger partial charge in [-0.15, -0.1) is 0 Å². The van der Waals surface area contributed by atoms with E-state index in [2.05, 4.69) is 26.8 Å². The summed E-state index contributed by atoms with van der Waals surface area (Å²) < 4.78 is 3.45. The molecule has 1 aliphatic heterocycles. The van der Waals surface area contributed by atoms with Crippen LogP contribution in [0.5, 0.6) is 0 Å². The number of aliphatic hydroxyl groups excluding tert-OH is 1. The number of allylic oxidation sites excluding steroid dienone is 1. The van der Waals surface area contributed by atoms with Gasteiger partial charge in [-0.1, -0.05) is 47.6 Å². The average Bonchev–Trinajstić information content (AvgIpc) is 3.32. The van der Waals surface area contributed by atoms with Crippen LogP contribution in [0, 0.1) is 22.7 Å². The first-order chi connectivity index (χ1) is 14.8. The number of hydrogen-bond donors (Lipinski definition) is 1. The number of likely N-dealkylation sites (tertiary alicyclic amines) is 1. The third-order valence-electron chi connectivity index (χ3n) is 6.70. The van der Waals surface area contributed by atoms with Gasteiger partial charge in [0.25, 0.3) is 5.91 Å². The minimum Gasteiger partial charge on any atom is -0.383 e. The number of imidazole rings is 1. The maximum atomic E-state index is 12.8. The van der Waals surface area contributed by atoms with Crippen molar-refractivity contribution in [2.45, 2.75) is 60.6 Å². The van der Waals surface area contributed by atoms with Crippen molar-refractivity contribution >= 4 is 22.6 Å². The van der Waals surface area contributed by atoms with E-state index in [-0.39, 0.29) is 22.9 Å². The van der Waals surface area contributed by atoms with Crippen LogP contribution in [0.4, 0.5) is 0 Å². The minimum absolute atomic E-state index is 0.00786. The number of nitrogens with zero attached hydrogens (tertiary/aromatic N) is 4. The van der Waals surface area contributed by atoms with Crippen LogP contribution >= 0.6 is 0 Å². The molecule has 1 amide bonds. The van der Waals surface area contributed by atoms with Crippen molar-refractivity contribution in [2.24, 2.45) is 29.7 Å². The summed E-state index contributed by atoms with van der Waals surface area (Å²) in [6.45, 7) is 14.0. The molecule has 7 nitrogen and oxygen atoms in total. The van der Waals surface area contributed by atoms with Crippen LogP contribution in [-0.4, -0.2) is 49.2 Å². The van der Waals surface area contributed by atoms with Crippen molar-refractivity contribution in [1.82, 2.24) is 19.0 Å². The molecule has 3 atom stereocenters. The molecular formula is C25H36N4O3. The molecule has 3 heterocycles. The molecule has 2 aromatic rings. The van der Waals surface area contributed by atoms with Crippen molar-refractivity contribution < 1.29 is 9.90 Å². The summed E-state index contributed by atoms with van der Waals surface area (Å²) in [5.41, 5.74) is 3.15. The van der Waals surface area contributed by atoms with Crippen LogP contribution in [0.3, 0.4) is 0 Å². The lowest BCUT2D eigenvalue weighted by Gasteiger charge is -2.29. The van der Waals surface area contributed by atoms with Gasteiger partial charge in [-0.2, -0.15) is 0 Å².